The molecule has 1 aromatic carbocycles. The topological polar surface area (TPSA) is 59.6 Å². The first-order valence-corrected chi connectivity index (χ1v) is 6.53. The van der Waals surface area contributed by atoms with E-state index in [-0.39, 0.29) is 12.2 Å². The van der Waals surface area contributed by atoms with Crippen molar-refractivity contribution in [3.63, 3.8) is 0 Å². The fourth-order valence-electron chi connectivity index (χ4n) is 1.78. The van der Waals surface area contributed by atoms with E-state index in [1.807, 2.05) is 18.2 Å². The third-order valence-corrected chi connectivity index (χ3v) is 2.80. The van der Waals surface area contributed by atoms with Crippen molar-refractivity contribution in [3.8, 4) is 5.75 Å². The van der Waals surface area contributed by atoms with Crippen molar-refractivity contribution >= 4 is 6.09 Å². The molecular formula is C14H20N2O3. The summed E-state index contributed by atoms with van der Waals surface area (Å²) in [5.74, 6) is 0.797. The Morgan fingerprint density at radius 2 is 2.37 bits per heavy atom. The molecule has 5 heteroatoms. The van der Waals surface area contributed by atoms with Crippen LogP contribution in [-0.2, 0) is 11.3 Å². The molecule has 2 N–H and O–H groups in total. The highest BCUT2D eigenvalue weighted by Gasteiger charge is 2.22. The molecule has 1 amide bonds. The van der Waals surface area contributed by atoms with Crippen LogP contribution in [0.25, 0.3) is 0 Å². The molecule has 5 nitrogen and oxygen atoms in total. The number of carbonyl (C=O) groups excluding carboxylic acids is 1. The summed E-state index contributed by atoms with van der Waals surface area (Å²) in [7, 11) is 0. The highest BCUT2D eigenvalue weighted by molar-refractivity contribution is 5.69. The van der Waals surface area contributed by atoms with Crippen molar-refractivity contribution in [1.82, 2.24) is 10.6 Å². The molecule has 19 heavy (non-hydrogen) atoms. The van der Waals surface area contributed by atoms with Crippen LogP contribution in [-0.4, -0.2) is 31.4 Å². The first-order valence-electron chi connectivity index (χ1n) is 6.53. The number of hydrogen-bond donors (Lipinski definition) is 2. The van der Waals surface area contributed by atoms with Crippen LogP contribution in [0.5, 0.6) is 5.75 Å². The molecule has 2 rings (SSSR count). The van der Waals surface area contributed by atoms with E-state index in [4.69, 9.17) is 9.47 Å². The molecule has 0 bridgehead atoms. The van der Waals surface area contributed by atoms with E-state index in [0.29, 0.717) is 19.2 Å². The fourth-order valence-corrected chi connectivity index (χ4v) is 1.78. The van der Waals surface area contributed by atoms with Gasteiger partial charge in [-0.1, -0.05) is 26.0 Å². The minimum Gasteiger partial charge on any atom is -0.490 e. The van der Waals surface area contributed by atoms with Crippen molar-refractivity contribution in [2.24, 2.45) is 0 Å². The van der Waals surface area contributed by atoms with Crippen molar-refractivity contribution in [1.29, 1.82) is 0 Å². The zero-order valence-corrected chi connectivity index (χ0v) is 11.3. The Labute approximate surface area is 113 Å². The Bertz CT molecular complexity index is 434. The van der Waals surface area contributed by atoms with Gasteiger partial charge in [-0.05, 0) is 17.7 Å². The average Bonchev–Trinajstić information content (AvgIpc) is 2.80. The molecule has 0 aromatic heterocycles. The van der Waals surface area contributed by atoms with Gasteiger partial charge in [-0.2, -0.15) is 0 Å². The van der Waals surface area contributed by atoms with E-state index in [9.17, 15) is 4.79 Å². The van der Waals surface area contributed by atoms with Gasteiger partial charge in [0.15, 0.2) is 6.10 Å². The molecule has 1 atom stereocenters. The molecule has 1 aliphatic heterocycles. The molecule has 104 valence electrons. The molecule has 1 aromatic rings. The summed E-state index contributed by atoms with van der Waals surface area (Å²) >= 11 is 0. The predicted molar refractivity (Wildman–Crippen MR) is 72.2 cm³/mol. The smallest absolute Gasteiger partial charge is 0.407 e. The van der Waals surface area contributed by atoms with Crippen LogP contribution < -0.4 is 15.4 Å². The van der Waals surface area contributed by atoms with Crippen molar-refractivity contribution in [3.05, 3.63) is 29.8 Å². The molecular weight excluding hydrogens is 244 g/mol. The molecule has 1 aliphatic rings. The van der Waals surface area contributed by atoms with Crippen LogP contribution in [0, 0.1) is 0 Å². The summed E-state index contributed by atoms with van der Waals surface area (Å²) in [6, 6.07) is 8.38. The monoisotopic (exact) mass is 264 g/mol. The second-order valence-corrected chi connectivity index (χ2v) is 4.90. The molecule has 0 saturated carbocycles. The summed E-state index contributed by atoms with van der Waals surface area (Å²) in [6.07, 6.45) is -0.576. The number of benzene rings is 1. The second-order valence-electron chi connectivity index (χ2n) is 4.90. The maximum absolute atomic E-state index is 10.9. The third kappa shape index (κ3) is 4.44. The van der Waals surface area contributed by atoms with Crippen molar-refractivity contribution < 1.29 is 14.3 Å². The Morgan fingerprint density at radius 3 is 3.05 bits per heavy atom. The van der Waals surface area contributed by atoms with E-state index in [1.54, 1.807) is 0 Å². The van der Waals surface area contributed by atoms with Crippen LogP contribution >= 0.6 is 0 Å². The number of nitrogens with one attached hydrogen (secondary N) is 2. The lowest BCUT2D eigenvalue weighted by Gasteiger charge is -2.12. The van der Waals surface area contributed by atoms with Crippen molar-refractivity contribution in [2.45, 2.75) is 32.5 Å². The summed E-state index contributed by atoms with van der Waals surface area (Å²) < 4.78 is 10.6. The van der Waals surface area contributed by atoms with E-state index >= 15 is 0 Å². The lowest BCUT2D eigenvalue weighted by atomic mass is 10.2. The van der Waals surface area contributed by atoms with Gasteiger partial charge in [0.2, 0.25) is 0 Å². The largest absolute Gasteiger partial charge is 0.490 e. The highest BCUT2D eigenvalue weighted by Crippen LogP contribution is 2.14. The first-order chi connectivity index (χ1) is 9.13. The van der Waals surface area contributed by atoms with Gasteiger partial charge < -0.3 is 20.1 Å². The van der Waals surface area contributed by atoms with E-state index in [2.05, 4.69) is 30.5 Å². The standard InChI is InChI=1S/C14H20N2O3/c1-10(2)15-7-11-4-3-5-12(6-11)18-9-13-8-16-14(17)19-13/h3-6,10,13,15H,7-9H2,1-2H3,(H,16,17). The minimum absolute atomic E-state index is 0.204. The van der Waals surface area contributed by atoms with Crippen LogP contribution in [0.1, 0.15) is 19.4 Å². The maximum Gasteiger partial charge on any atom is 0.407 e. The number of carbonyl (C=O) groups is 1. The normalized spacial score (nSPS) is 18.3. The number of amides is 1. The van der Waals surface area contributed by atoms with Crippen LogP contribution in [0.3, 0.4) is 0 Å². The highest BCUT2D eigenvalue weighted by atomic mass is 16.6. The molecule has 0 radical (unpaired) electrons. The van der Waals surface area contributed by atoms with Gasteiger partial charge >= 0.3 is 6.09 Å². The predicted octanol–water partition coefficient (Wildman–Crippen LogP) is 1.67. The van der Waals surface area contributed by atoms with Gasteiger partial charge in [-0.15, -0.1) is 0 Å². The van der Waals surface area contributed by atoms with Crippen molar-refractivity contribution in [2.75, 3.05) is 13.2 Å². The maximum atomic E-state index is 10.9. The molecule has 1 saturated heterocycles. The Balaban J connectivity index is 1.83. The summed E-state index contributed by atoms with van der Waals surface area (Å²) in [4.78, 5) is 10.9. The van der Waals surface area contributed by atoms with Gasteiger partial charge in [-0.3, -0.25) is 0 Å². The minimum atomic E-state index is -0.372. The Hall–Kier alpha value is -1.75. The van der Waals surface area contributed by atoms with E-state index < -0.39 is 0 Å². The number of hydrogen-bond acceptors (Lipinski definition) is 4. The molecule has 0 aliphatic carbocycles. The Kier molecular flexibility index (Phi) is 4.63. The van der Waals surface area contributed by atoms with Gasteiger partial charge in [0.1, 0.15) is 12.4 Å². The quantitative estimate of drug-likeness (QED) is 0.820. The third-order valence-electron chi connectivity index (χ3n) is 2.80. The second kappa shape index (κ2) is 6.43. The number of ether oxygens (including phenoxy) is 2. The lowest BCUT2D eigenvalue weighted by molar-refractivity contribution is 0.105. The van der Waals surface area contributed by atoms with E-state index in [0.717, 1.165) is 12.3 Å². The lowest BCUT2D eigenvalue weighted by Crippen LogP contribution is -2.22. The van der Waals surface area contributed by atoms with Gasteiger partial charge in [0, 0.05) is 12.6 Å². The number of cyclic esters (lactones) is 1. The van der Waals surface area contributed by atoms with Gasteiger partial charge in [0.05, 0.1) is 6.54 Å². The first kappa shape index (κ1) is 13.7. The zero-order valence-electron chi connectivity index (χ0n) is 11.3. The molecule has 1 unspecified atom stereocenters. The number of alkyl carbamates (subject to hydrolysis) is 1. The number of rotatable bonds is 6. The van der Waals surface area contributed by atoms with Gasteiger partial charge in [-0.25, -0.2) is 4.79 Å². The summed E-state index contributed by atoms with van der Waals surface area (Å²) in [5.41, 5.74) is 1.17. The SMILES string of the molecule is CC(C)NCc1cccc(OCC2CNC(=O)O2)c1. The fraction of sp³-hybridized carbons (Fsp3) is 0.500. The summed E-state index contributed by atoms with van der Waals surface area (Å²) in [5, 5.41) is 5.96. The van der Waals surface area contributed by atoms with Gasteiger partial charge in [0.25, 0.3) is 0 Å². The van der Waals surface area contributed by atoms with Crippen LogP contribution in [0.15, 0.2) is 24.3 Å². The average molecular weight is 264 g/mol. The molecule has 0 spiro atoms. The van der Waals surface area contributed by atoms with Crippen LogP contribution in [0.2, 0.25) is 0 Å². The molecule has 1 heterocycles. The molecule has 1 fully saturated rings. The zero-order chi connectivity index (χ0) is 13.7. The Morgan fingerprint density at radius 1 is 1.53 bits per heavy atom. The summed E-state index contributed by atoms with van der Waals surface area (Å²) in [6.45, 7) is 5.92. The van der Waals surface area contributed by atoms with Crippen LogP contribution in [0.4, 0.5) is 4.79 Å². The van der Waals surface area contributed by atoms with E-state index in [1.165, 1.54) is 5.56 Å².